The number of hydrogen-bond acceptors (Lipinski definition) is 4. The third-order valence-electron chi connectivity index (χ3n) is 2.77. The van der Waals surface area contributed by atoms with Crippen LogP contribution in [0.3, 0.4) is 0 Å². The van der Waals surface area contributed by atoms with Crippen molar-refractivity contribution < 1.29 is 24.3 Å². The lowest BCUT2D eigenvalue weighted by molar-refractivity contribution is -0.142. The standard InChI is InChI=1S/C11H16N2O5/c1-12-8(14)7-9(15)13(11(12)18)6-4-2-3-5-10(16)17/h2-7H2,1H3,(H,16,17). The highest BCUT2D eigenvalue weighted by molar-refractivity contribution is 6.13. The molecule has 0 radical (unpaired) electrons. The van der Waals surface area contributed by atoms with E-state index in [1.165, 1.54) is 7.05 Å². The van der Waals surface area contributed by atoms with E-state index in [4.69, 9.17) is 5.11 Å². The molecule has 100 valence electrons. The maximum atomic E-state index is 11.6. The monoisotopic (exact) mass is 256 g/mol. The molecule has 0 bridgehead atoms. The number of nitrogens with zero attached hydrogens (tertiary/aromatic N) is 2. The van der Waals surface area contributed by atoms with Crippen LogP contribution in [0.1, 0.15) is 32.1 Å². The van der Waals surface area contributed by atoms with E-state index in [2.05, 4.69) is 0 Å². The van der Waals surface area contributed by atoms with Gasteiger partial charge in [-0.2, -0.15) is 0 Å². The molecular formula is C11H16N2O5. The summed E-state index contributed by atoms with van der Waals surface area (Å²) in [6.07, 6.45) is 1.49. The van der Waals surface area contributed by atoms with Crippen LogP contribution < -0.4 is 0 Å². The molecule has 1 aliphatic rings. The second kappa shape index (κ2) is 6.13. The lowest BCUT2D eigenvalue weighted by Crippen LogP contribution is -2.53. The average Bonchev–Trinajstić information content (AvgIpc) is 2.29. The summed E-state index contributed by atoms with van der Waals surface area (Å²) in [5.74, 6) is -1.83. The van der Waals surface area contributed by atoms with E-state index in [9.17, 15) is 19.2 Å². The number of amides is 4. The quantitative estimate of drug-likeness (QED) is 0.549. The first-order valence-electron chi connectivity index (χ1n) is 5.76. The van der Waals surface area contributed by atoms with E-state index >= 15 is 0 Å². The van der Waals surface area contributed by atoms with Gasteiger partial charge in [-0.05, 0) is 12.8 Å². The van der Waals surface area contributed by atoms with Crippen LogP contribution in [0.5, 0.6) is 0 Å². The highest BCUT2D eigenvalue weighted by Gasteiger charge is 2.34. The number of carbonyl (C=O) groups excluding carboxylic acids is 3. The Balaban J connectivity index is 2.37. The van der Waals surface area contributed by atoms with Gasteiger partial charge in [0.1, 0.15) is 6.42 Å². The highest BCUT2D eigenvalue weighted by atomic mass is 16.4. The van der Waals surface area contributed by atoms with Crippen molar-refractivity contribution in [2.75, 3.05) is 13.6 Å². The van der Waals surface area contributed by atoms with E-state index in [1.54, 1.807) is 0 Å². The molecule has 1 aliphatic heterocycles. The molecule has 0 aromatic rings. The Hall–Kier alpha value is -1.92. The van der Waals surface area contributed by atoms with Gasteiger partial charge >= 0.3 is 12.0 Å². The maximum Gasteiger partial charge on any atom is 0.333 e. The first-order valence-corrected chi connectivity index (χ1v) is 5.76. The van der Waals surface area contributed by atoms with Crippen LogP contribution >= 0.6 is 0 Å². The molecule has 0 saturated carbocycles. The molecule has 7 nitrogen and oxygen atoms in total. The molecular weight excluding hydrogens is 240 g/mol. The SMILES string of the molecule is CN1C(=O)CC(=O)N(CCCCCC(=O)O)C1=O. The van der Waals surface area contributed by atoms with Gasteiger partial charge in [0, 0.05) is 20.0 Å². The molecule has 0 aromatic heterocycles. The second-order valence-electron chi connectivity index (χ2n) is 4.16. The fourth-order valence-electron chi connectivity index (χ4n) is 1.68. The number of urea groups is 1. The summed E-state index contributed by atoms with van der Waals surface area (Å²) in [6, 6.07) is -0.602. The Morgan fingerprint density at radius 2 is 1.83 bits per heavy atom. The number of aliphatic carboxylic acids is 1. The van der Waals surface area contributed by atoms with Crippen molar-refractivity contribution in [1.29, 1.82) is 0 Å². The summed E-state index contributed by atoms with van der Waals surface area (Å²) in [5.41, 5.74) is 0. The molecule has 0 unspecified atom stereocenters. The average molecular weight is 256 g/mol. The van der Waals surface area contributed by atoms with Crippen LogP contribution in [0.2, 0.25) is 0 Å². The van der Waals surface area contributed by atoms with Crippen LogP contribution in [0.15, 0.2) is 0 Å². The Morgan fingerprint density at radius 3 is 2.44 bits per heavy atom. The molecule has 18 heavy (non-hydrogen) atoms. The summed E-state index contributed by atoms with van der Waals surface area (Å²) in [5, 5.41) is 8.45. The molecule has 0 atom stereocenters. The van der Waals surface area contributed by atoms with E-state index in [0.717, 1.165) is 9.80 Å². The minimum absolute atomic E-state index is 0.0836. The molecule has 0 aliphatic carbocycles. The van der Waals surface area contributed by atoms with Crippen molar-refractivity contribution in [3.05, 3.63) is 0 Å². The van der Waals surface area contributed by atoms with Crippen molar-refractivity contribution >= 4 is 23.8 Å². The third-order valence-corrected chi connectivity index (χ3v) is 2.77. The first kappa shape index (κ1) is 14.1. The minimum Gasteiger partial charge on any atom is -0.481 e. The molecule has 1 rings (SSSR count). The van der Waals surface area contributed by atoms with Crippen molar-refractivity contribution in [3.63, 3.8) is 0 Å². The molecule has 7 heteroatoms. The van der Waals surface area contributed by atoms with Gasteiger partial charge in [0.15, 0.2) is 0 Å². The van der Waals surface area contributed by atoms with Crippen molar-refractivity contribution in [1.82, 2.24) is 9.80 Å². The number of carboxylic acid groups (broad SMARTS) is 1. The minimum atomic E-state index is -0.856. The van der Waals surface area contributed by atoms with Gasteiger partial charge < -0.3 is 5.11 Å². The normalized spacial score (nSPS) is 16.4. The van der Waals surface area contributed by atoms with Gasteiger partial charge in [-0.1, -0.05) is 6.42 Å². The number of carboxylic acids is 1. The zero-order valence-electron chi connectivity index (χ0n) is 10.2. The zero-order chi connectivity index (χ0) is 13.7. The Kier molecular flexibility index (Phi) is 4.82. The summed E-state index contributed by atoms with van der Waals surface area (Å²) >= 11 is 0. The lowest BCUT2D eigenvalue weighted by Gasteiger charge is -2.30. The van der Waals surface area contributed by atoms with Gasteiger partial charge in [0.25, 0.3) is 0 Å². The van der Waals surface area contributed by atoms with Gasteiger partial charge in [0.2, 0.25) is 11.8 Å². The number of imide groups is 2. The predicted octanol–water partition coefficient (Wildman–Crippen LogP) is 0.442. The van der Waals surface area contributed by atoms with Crippen LogP contribution in [0.4, 0.5) is 4.79 Å². The van der Waals surface area contributed by atoms with E-state index in [0.29, 0.717) is 19.3 Å². The van der Waals surface area contributed by atoms with Gasteiger partial charge in [0.05, 0.1) is 0 Å². The number of carbonyl (C=O) groups is 4. The van der Waals surface area contributed by atoms with Crippen LogP contribution in [-0.4, -0.2) is 52.3 Å². The Labute approximate surface area is 104 Å². The van der Waals surface area contributed by atoms with Gasteiger partial charge in [-0.3, -0.25) is 24.2 Å². The number of barbiturate groups is 1. The molecule has 0 spiro atoms. The number of rotatable bonds is 6. The van der Waals surface area contributed by atoms with Crippen molar-refractivity contribution in [2.24, 2.45) is 0 Å². The summed E-state index contributed by atoms with van der Waals surface area (Å²) in [4.78, 5) is 46.6. The first-order chi connectivity index (χ1) is 8.43. The summed E-state index contributed by atoms with van der Waals surface area (Å²) in [6.45, 7) is 0.231. The largest absolute Gasteiger partial charge is 0.481 e. The molecule has 0 aromatic carbocycles. The predicted molar refractivity (Wildman–Crippen MR) is 60.6 cm³/mol. The Bertz CT molecular complexity index is 380. The van der Waals surface area contributed by atoms with Crippen LogP contribution in [-0.2, 0) is 14.4 Å². The van der Waals surface area contributed by atoms with Crippen LogP contribution in [0.25, 0.3) is 0 Å². The fourth-order valence-corrected chi connectivity index (χ4v) is 1.68. The highest BCUT2D eigenvalue weighted by Crippen LogP contribution is 2.12. The second-order valence-corrected chi connectivity index (χ2v) is 4.16. The molecule has 1 saturated heterocycles. The van der Waals surface area contributed by atoms with Crippen molar-refractivity contribution in [3.8, 4) is 0 Å². The Morgan fingerprint density at radius 1 is 1.17 bits per heavy atom. The molecule has 1 fully saturated rings. The topological polar surface area (TPSA) is 95.0 Å². The van der Waals surface area contributed by atoms with E-state index in [-0.39, 0.29) is 19.4 Å². The van der Waals surface area contributed by atoms with Crippen molar-refractivity contribution in [2.45, 2.75) is 32.1 Å². The number of hydrogen-bond donors (Lipinski definition) is 1. The van der Waals surface area contributed by atoms with Crippen LogP contribution in [0, 0.1) is 0 Å². The molecule has 1 heterocycles. The van der Waals surface area contributed by atoms with Gasteiger partial charge in [-0.15, -0.1) is 0 Å². The number of unbranched alkanes of at least 4 members (excludes halogenated alkanes) is 2. The van der Waals surface area contributed by atoms with E-state index < -0.39 is 23.8 Å². The smallest absolute Gasteiger partial charge is 0.333 e. The van der Waals surface area contributed by atoms with E-state index in [1.807, 2.05) is 0 Å². The molecule has 1 N–H and O–H groups in total. The van der Waals surface area contributed by atoms with Gasteiger partial charge in [-0.25, -0.2) is 4.79 Å². The molecule has 4 amide bonds. The zero-order valence-corrected chi connectivity index (χ0v) is 10.2. The summed E-state index contributed by atoms with van der Waals surface area (Å²) in [7, 11) is 1.34. The summed E-state index contributed by atoms with van der Waals surface area (Å²) < 4.78 is 0. The lowest BCUT2D eigenvalue weighted by atomic mass is 10.1. The third kappa shape index (κ3) is 3.54. The maximum absolute atomic E-state index is 11.6. The fraction of sp³-hybridized carbons (Fsp3) is 0.636.